The van der Waals surface area contributed by atoms with Crippen molar-refractivity contribution in [3.05, 3.63) is 0 Å². The van der Waals surface area contributed by atoms with Crippen molar-refractivity contribution in [3.63, 3.8) is 0 Å². The van der Waals surface area contributed by atoms with Crippen molar-refractivity contribution in [1.82, 2.24) is 5.32 Å². The predicted octanol–water partition coefficient (Wildman–Crippen LogP) is 1.49. The van der Waals surface area contributed by atoms with E-state index in [0.717, 1.165) is 13.0 Å². The maximum absolute atomic E-state index is 11.8. The van der Waals surface area contributed by atoms with Gasteiger partial charge in [-0.2, -0.15) is 0 Å². The van der Waals surface area contributed by atoms with Gasteiger partial charge in [-0.1, -0.05) is 19.3 Å². The molecule has 1 aliphatic heterocycles. The minimum Gasteiger partial charge on any atom is -0.464 e. The molecule has 0 spiro atoms. The molecule has 2 aliphatic rings. The number of carbonyl (C=O) groups excluding carboxylic acids is 1. The first kappa shape index (κ1) is 12.8. The lowest BCUT2D eigenvalue weighted by atomic mass is 9.90. The molecule has 2 unspecified atom stereocenters. The number of hydrogen-bond acceptors (Lipinski definition) is 4. The second-order valence-electron chi connectivity index (χ2n) is 5.19. The molecule has 17 heavy (non-hydrogen) atoms. The quantitative estimate of drug-likeness (QED) is 0.757. The third-order valence-corrected chi connectivity index (χ3v) is 3.89. The van der Waals surface area contributed by atoms with Gasteiger partial charge in [0.25, 0.3) is 0 Å². The summed E-state index contributed by atoms with van der Waals surface area (Å²) in [6.45, 7) is 1.36. The molecule has 1 saturated carbocycles. The molecule has 0 bridgehead atoms. The summed E-state index contributed by atoms with van der Waals surface area (Å²) in [5.74, 6) is 0.488. The molecule has 0 aromatic heterocycles. The van der Waals surface area contributed by atoms with Crippen molar-refractivity contribution in [2.24, 2.45) is 5.92 Å². The first-order chi connectivity index (χ1) is 8.29. The molecule has 0 radical (unpaired) electrons. The Bertz CT molecular complexity index is 251. The van der Waals surface area contributed by atoms with Gasteiger partial charge >= 0.3 is 5.97 Å². The molecule has 2 rings (SSSR count). The number of esters is 1. The zero-order valence-electron chi connectivity index (χ0n) is 10.6. The van der Waals surface area contributed by atoms with Crippen LogP contribution in [0.25, 0.3) is 0 Å². The van der Waals surface area contributed by atoms with Crippen molar-refractivity contribution in [1.29, 1.82) is 0 Å². The molecule has 1 N–H and O–H groups in total. The summed E-state index contributed by atoms with van der Waals surface area (Å²) >= 11 is 0. The second-order valence-corrected chi connectivity index (χ2v) is 5.19. The van der Waals surface area contributed by atoms with E-state index in [1.165, 1.54) is 32.1 Å². The summed E-state index contributed by atoms with van der Waals surface area (Å²) in [6.07, 6.45) is 7.23. The Morgan fingerprint density at radius 1 is 1.29 bits per heavy atom. The lowest BCUT2D eigenvalue weighted by molar-refractivity contribution is -0.147. The van der Waals surface area contributed by atoms with Gasteiger partial charge in [0.15, 0.2) is 0 Å². The van der Waals surface area contributed by atoms with Crippen LogP contribution in [0.2, 0.25) is 0 Å². The van der Waals surface area contributed by atoms with Crippen molar-refractivity contribution in [3.8, 4) is 0 Å². The van der Waals surface area contributed by atoms with Crippen molar-refractivity contribution in [2.75, 3.05) is 20.3 Å². The molecule has 4 heteroatoms. The Labute approximate surface area is 103 Å². The molecule has 1 aliphatic carbocycles. The average Bonchev–Trinajstić information content (AvgIpc) is 2.86. The lowest BCUT2D eigenvalue weighted by Gasteiger charge is -2.21. The first-order valence-electron chi connectivity index (χ1n) is 6.72. The molecule has 0 amide bonds. The lowest BCUT2D eigenvalue weighted by Crippen LogP contribution is -2.33. The van der Waals surface area contributed by atoms with Gasteiger partial charge in [0.05, 0.1) is 12.7 Å². The summed E-state index contributed by atoms with van der Waals surface area (Å²) in [5.41, 5.74) is 0. The highest BCUT2D eigenvalue weighted by Crippen LogP contribution is 2.24. The third-order valence-electron chi connectivity index (χ3n) is 3.89. The largest absolute Gasteiger partial charge is 0.464 e. The highest BCUT2D eigenvalue weighted by molar-refractivity contribution is 5.76. The summed E-state index contributed by atoms with van der Waals surface area (Å²) in [5, 5.41) is 3.15. The molecular weight excluding hydrogens is 218 g/mol. The van der Waals surface area contributed by atoms with Crippen molar-refractivity contribution >= 4 is 5.97 Å². The Kier molecular flexibility index (Phi) is 4.80. The Balaban J connectivity index is 1.66. The maximum atomic E-state index is 11.8. The SMILES string of the molecule is COC1CNC(C(=O)OCC2CCCCC2)C1. The first-order valence-corrected chi connectivity index (χ1v) is 6.72. The zero-order chi connectivity index (χ0) is 12.1. The average molecular weight is 241 g/mol. The Morgan fingerprint density at radius 2 is 2.06 bits per heavy atom. The maximum Gasteiger partial charge on any atom is 0.323 e. The van der Waals surface area contributed by atoms with Gasteiger partial charge in [-0.05, 0) is 18.8 Å². The van der Waals surface area contributed by atoms with Crippen LogP contribution in [-0.2, 0) is 14.3 Å². The highest BCUT2D eigenvalue weighted by atomic mass is 16.5. The second kappa shape index (κ2) is 6.36. The summed E-state index contributed by atoms with van der Waals surface area (Å²) < 4.78 is 10.6. The van der Waals surface area contributed by atoms with E-state index in [4.69, 9.17) is 9.47 Å². The van der Waals surface area contributed by atoms with Gasteiger partial charge in [-0.15, -0.1) is 0 Å². The number of rotatable bonds is 4. The molecule has 2 fully saturated rings. The predicted molar refractivity (Wildman–Crippen MR) is 64.7 cm³/mol. The van der Waals surface area contributed by atoms with E-state index in [0.29, 0.717) is 12.5 Å². The normalized spacial score (nSPS) is 30.4. The fraction of sp³-hybridized carbons (Fsp3) is 0.923. The molecule has 0 aromatic rings. The van der Waals surface area contributed by atoms with Crippen LogP contribution in [0.1, 0.15) is 38.5 Å². The van der Waals surface area contributed by atoms with Gasteiger partial charge in [-0.3, -0.25) is 4.79 Å². The van der Waals surface area contributed by atoms with Crippen LogP contribution in [0.3, 0.4) is 0 Å². The smallest absolute Gasteiger partial charge is 0.323 e. The fourth-order valence-corrected chi connectivity index (χ4v) is 2.72. The monoisotopic (exact) mass is 241 g/mol. The van der Waals surface area contributed by atoms with E-state index in [1.807, 2.05) is 0 Å². The molecule has 4 nitrogen and oxygen atoms in total. The molecule has 2 atom stereocenters. The van der Waals surface area contributed by atoms with E-state index in [9.17, 15) is 4.79 Å². The Hall–Kier alpha value is -0.610. The molecule has 98 valence electrons. The standard InChI is InChI=1S/C13H23NO3/c1-16-11-7-12(14-8-11)13(15)17-9-10-5-3-2-4-6-10/h10-12,14H,2-9H2,1H3. The third kappa shape index (κ3) is 3.68. The van der Waals surface area contributed by atoms with E-state index in [-0.39, 0.29) is 18.1 Å². The minimum absolute atomic E-state index is 0.102. The van der Waals surface area contributed by atoms with Gasteiger partial charge < -0.3 is 14.8 Å². The number of methoxy groups -OCH3 is 1. The summed E-state index contributed by atoms with van der Waals surface area (Å²) in [6, 6.07) is -0.163. The van der Waals surface area contributed by atoms with Crippen LogP contribution in [-0.4, -0.2) is 38.4 Å². The van der Waals surface area contributed by atoms with E-state index < -0.39 is 0 Å². The van der Waals surface area contributed by atoms with Crippen LogP contribution in [0.15, 0.2) is 0 Å². The molecule has 0 aromatic carbocycles. The Morgan fingerprint density at radius 3 is 2.71 bits per heavy atom. The van der Waals surface area contributed by atoms with Crippen LogP contribution >= 0.6 is 0 Å². The zero-order valence-corrected chi connectivity index (χ0v) is 10.6. The van der Waals surface area contributed by atoms with Gasteiger partial charge in [0.2, 0.25) is 0 Å². The van der Waals surface area contributed by atoms with E-state index in [2.05, 4.69) is 5.32 Å². The van der Waals surface area contributed by atoms with Crippen LogP contribution in [0, 0.1) is 5.92 Å². The minimum atomic E-state index is -0.163. The van der Waals surface area contributed by atoms with Crippen molar-refractivity contribution < 1.29 is 14.3 Å². The van der Waals surface area contributed by atoms with E-state index in [1.54, 1.807) is 7.11 Å². The number of ether oxygens (including phenoxy) is 2. The molecule has 1 heterocycles. The molecular formula is C13H23NO3. The number of nitrogens with one attached hydrogen (secondary N) is 1. The van der Waals surface area contributed by atoms with Crippen LogP contribution in [0.5, 0.6) is 0 Å². The van der Waals surface area contributed by atoms with Gasteiger partial charge in [-0.25, -0.2) is 0 Å². The van der Waals surface area contributed by atoms with Crippen LogP contribution < -0.4 is 5.32 Å². The topological polar surface area (TPSA) is 47.6 Å². The van der Waals surface area contributed by atoms with Crippen LogP contribution in [0.4, 0.5) is 0 Å². The van der Waals surface area contributed by atoms with Gasteiger partial charge in [0.1, 0.15) is 6.04 Å². The molecule has 1 saturated heterocycles. The fourth-order valence-electron chi connectivity index (χ4n) is 2.72. The van der Waals surface area contributed by atoms with Gasteiger partial charge in [0, 0.05) is 20.1 Å². The number of carbonyl (C=O) groups is 1. The number of hydrogen-bond donors (Lipinski definition) is 1. The highest BCUT2D eigenvalue weighted by Gasteiger charge is 2.30. The summed E-state index contributed by atoms with van der Waals surface area (Å²) in [7, 11) is 1.68. The van der Waals surface area contributed by atoms with Crippen molar-refractivity contribution in [2.45, 2.75) is 50.7 Å². The van der Waals surface area contributed by atoms with E-state index >= 15 is 0 Å². The summed E-state index contributed by atoms with van der Waals surface area (Å²) in [4.78, 5) is 11.8.